The van der Waals surface area contributed by atoms with E-state index in [0.29, 0.717) is 18.5 Å². The Morgan fingerprint density at radius 1 is 1.24 bits per heavy atom. The number of hydrogen-bond acceptors (Lipinski definition) is 4. The SMILES string of the molecule is CN1CCC(=O)Nc2cc(C(=O)N(C)C3CCNCC3)ccc21.Cl.Cl. The van der Waals surface area contributed by atoms with Crippen molar-refractivity contribution in [3.05, 3.63) is 23.8 Å². The largest absolute Gasteiger partial charge is 0.372 e. The lowest BCUT2D eigenvalue weighted by molar-refractivity contribution is -0.115. The molecule has 1 saturated heterocycles. The van der Waals surface area contributed by atoms with Gasteiger partial charge >= 0.3 is 0 Å². The minimum atomic E-state index is -0.00749. The van der Waals surface area contributed by atoms with Crippen LogP contribution in [0.25, 0.3) is 0 Å². The van der Waals surface area contributed by atoms with Crippen molar-refractivity contribution in [2.24, 2.45) is 0 Å². The van der Waals surface area contributed by atoms with Gasteiger partial charge in [0, 0.05) is 38.7 Å². The summed E-state index contributed by atoms with van der Waals surface area (Å²) in [7, 11) is 3.83. The summed E-state index contributed by atoms with van der Waals surface area (Å²) in [5.41, 5.74) is 2.30. The zero-order chi connectivity index (χ0) is 16.4. The third-order valence-corrected chi connectivity index (χ3v) is 4.78. The molecule has 1 aromatic carbocycles. The van der Waals surface area contributed by atoms with E-state index in [0.717, 1.165) is 37.3 Å². The molecule has 2 heterocycles. The molecule has 0 atom stereocenters. The first-order valence-corrected chi connectivity index (χ1v) is 8.19. The smallest absolute Gasteiger partial charge is 0.253 e. The molecule has 0 radical (unpaired) electrons. The molecule has 0 aliphatic carbocycles. The summed E-state index contributed by atoms with van der Waals surface area (Å²) < 4.78 is 0. The number of amides is 2. The van der Waals surface area contributed by atoms with Crippen LogP contribution in [0, 0.1) is 0 Å². The molecule has 2 aliphatic heterocycles. The van der Waals surface area contributed by atoms with Crippen LogP contribution in [0.5, 0.6) is 0 Å². The minimum Gasteiger partial charge on any atom is -0.372 e. The van der Waals surface area contributed by atoms with Gasteiger partial charge in [-0.15, -0.1) is 24.8 Å². The van der Waals surface area contributed by atoms with Gasteiger partial charge in [-0.2, -0.15) is 0 Å². The van der Waals surface area contributed by atoms with Gasteiger partial charge in [0.2, 0.25) is 5.91 Å². The second kappa shape index (κ2) is 9.27. The minimum absolute atomic E-state index is 0. The van der Waals surface area contributed by atoms with Crippen molar-refractivity contribution in [1.82, 2.24) is 10.2 Å². The van der Waals surface area contributed by atoms with E-state index in [1.807, 2.05) is 36.0 Å². The van der Waals surface area contributed by atoms with Crippen molar-refractivity contribution in [2.75, 3.05) is 43.9 Å². The summed E-state index contributed by atoms with van der Waals surface area (Å²) in [6.45, 7) is 2.59. The zero-order valence-corrected chi connectivity index (χ0v) is 16.2. The monoisotopic (exact) mass is 388 g/mol. The van der Waals surface area contributed by atoms with E-state index >= 15 is 0 Å². The zero-order valence-electron chi connectivity index (χ0n) is 14.6. The van der Waals surface area contributed by atoms with Crippen molar-refractivity contribution in [2.45, 2.75) is 25.3 Å². The molecular weight excluding hydrogens is 363 g/mol. The second-order valence-corrected chi connectivity index (χ2v) is 6.35. The van der Waals surface area contributed by atoms with Crippen molar-refractivity contribution in [1.29, 1.82) is 0 Å². The van der Waals surface area contributed by atoms with E-state index in [1.165, 1.54) is 0 Å². The van der Waals surface area contributed by atoms with Gasteiger partial charge in [0.25, 0.3) is 5.91 Å². The van der Waals surface area contributed by atoms with Gasteiger partial charge in [0.05, 0.1) is 11.4 Å². The van der Waals surface area contributed by atoms with Crippen molar-refractivity contribution in [3.63, 3.8) is 0 Å². The summed E-state index contributed by atoms with van der Waals surface area (Å²) >= 11 is 0. The molecular formula is C17H26Cl2N4O2. The Labute approximate surface area is 161 Å². The van der Waals surface area contributed by atoms with Crippen LogP contribution in [0.15, 0.2) is 18.2 Å². The molecule has 6 nitrogen and oxygen atoms in total. The highest BCUT2D eigenvalue weighted by molar-refractivity contribution is 6.00. The fraction of sp³-hybridized carbons (Fsp3) is 0.529. The highest BCUT2D eigenvalue weighted by Gasteiger charge is 2.24. The molecule has 0 aromatic heterocycles. The molecule has 2 amide bonds. The Morgan fingerprint density at radius 2 is 1.92 bits per heavy atom. The number of carbonyl (C=O) groups is 2. The van der Waals surface area contributed by atoms with Crippen LogP contribution in [-0.2, 0) is 4.79 Å². The van der Waals surface area contributed by atoms with E-state index in [-0.39, 0.29) is 42.7 Å². The third kappa shape index (κ3) is 4.77. The van der Waals surface area contributed by atoms with Crippen LogP contribution < -0.4 is 15.5 Å². The summed E-state index contributed by atoms with van der Waals surface area (Å²) in [5, 5.41) is 6.22. The second-order valence-electron chi connectivity index (χ2n) is 6.35. The van der Waals surface area contributed by atoms with Crippen LogP contribution in [0.3, 0.4) is 0 Å². The van der Waals surface area contributed by atoms with Crippen LogP contribution in [0.1, 0.15) is 29.6 Å². The van der Waals surface area contributed by atoms with Crippen LogP contribution in [-0.4, -0.2) is 56.5 Å². The first-order chi connectivity index (χ1) is 11.1. The number of nitrogens with zero attached hydrogens (tertiary/aromatic N) is 2. The fourth-order valence-electron chi connectivity index (χ4n) is 3.27. The number of rotatable bonds is 2. The number of anilines is 2. The molecule has 8 heteroatoms. The first-order valence-electron chi connectivity index (χ1n) is 8.19. The third-order valence-electron chi connectivity index (χ3n) is 4.78. The molecule has 0 saturated carbocycles. The maximum Gasteiger partial charge on any atom is 0.253 e. The van der Waals surface area contributed by atoms with Gasteiger partial charge in [0.1, 0.15) is 0 Å². The molecule has 25 heavy (non-hydrogen) atoms. The maximum atomic E-state index is 12.8. The predicted molar refractivity (Wildman–Crippen MR) is 105 cm³/mol. The van der Waals surface area contributed by atoms with E-state index in [2.05, 4.69) is 10.6 Å². The number of hydrogen-bond donors (Lipinski definition) is 2. The van der Waals surface area contributed by atoms with Crippen molar-refractivity contribution >= 4 is 48.0 Å². The Morgan fingerprint density at radius 3 is 2.60 bits per heavy atom. The van der Waals surface area contributed by atoms with Crippen LogP contribution >= 0.6 is 24.8 Å². The number of nitrogens with one attached hydrogen (secondary N) is 2. The number of fused-ring (bicyclic) bond motifs is 1. The molecule has 140 valence electrons. The number of carbonyl (C=O) groups excluding carboxylic acids is 2. The highest BCUT2D eigenvalue weighted by Crippen LogP contribution is 2.29. The first kappa shape index (κ1) is 21.5. The topological polar surface area (TPSA) is 64.7 Å². The number of halogens is 2. The van der Waals surface area contributed by atoms with Crippen molar-refractivity contribution in [3.8, 4) is 0 Å². The Bertz CT molecular complexity index is 621. The lowest BCUT2D eigenvalue weighted by Crippen LogP contribution is -2.44. The summed E-state index contributed by atoms with van der Waals surface area (Å²) in [4.78, 5) is 28.4. The van der Waals surface area contributed by atoms with E-state index < -0.39 is 0 Å². The molecule has 3 rings (SSSR count). The van der Waals surface area contributed by atoms with Crippen LogP contribution in [0.2, 0.25) is 0 Å². The standard InChI is InChI=1S/C17H24N4O2.2ClH/c1-20-10-7-16(22)19-14-11-12(3-4-15(14)20)17(23)21(2)13-5-8-18-9-6-13;;/h3-4,11,13,18H,5-10H2,1-2H3,(H,19,22);2*1H. The maximum absolute atomic E-state index is 12.8. The van der Waals surface area contributed by atoms with Gasteiger partial charge < -0.3 is 20.4 Å². The molecule has 1 fully saturated rings. The Kier molecular flexibility index (Phi) is 7.99. The normalized spacial score (nSPS) is 17.4. The highest BCUT2D eigenvalue weighted by atomic mass is 35.5. The van der Waals surface area contributed by atoms with Gasteiger partial charge in [0.15, 0.2) is 0 Å². The summed E-state index contributed by atoms with van der Waals surface area (Å²) in [6, 6.07) is 5.85. The lowest BCUT2D eigenvalue weighted by Gasteiger charge is -2.32. The fourth-order valence-corrected chi connectivity index (χ4v) is 3.27. The van der Waals surface area contributed by atoms with E-state index in [4.69, 9.17) is 0 Å². The van der Waals surface area contributed by atoms with Gasteiger partial charge in [-0.05, 0) is 44.1 Å². The number of piperidine rings is 1. The molecule has 0 bridgehead atoms. The molecule has 1 aromatic rings. The van der Waals surface area contributed by atoms with Gasteiger partial charge in [-0.3, -0.25) is 9.59 Å². The van der Waals surface area contributed by atoms with Gasteiger partial charge in [-0.1, -0.05) is 0 Å². The predicted octanol–water partition coefficient (Wildman–Crippen LogP) is 2.13. The van der Waals surface area contributed by atoms with Gasteiger partial charge in [-0.25, -0.2) is 0 Å². The molecule has 0 spiro atoms. The average Bonchev–Trinajstić information content (AvgIpc) is 2.72. The van der Waals surface area contributed by atoms with E-state index in [9.17, 15) is 9.59 Å². The quantitative estimate of drug-likeness (QED) is 0.814. The number of benzene rings is 1. The van der Waals surface area contributed by atoms with E-state index in [1.54, 1.807) is 6.07 Å². The summed E-state index contributed by atoms with van der Waals surface area (Å²) in [5.74, 6) is 0.00718. The van der Waals surface area contributed by atoms with Crippen LogP contribution in [0.4, 0.5) is 11.4 Å². The molecule has 0 unspecified atom stereocenters. The van der Waals surface area contributed by atoms with Crippen molar-refractivity contribution < 1.29 is 9.59 Å². The molecule has 2 aliphatic rings. The Hall–Kier alpha value is -1.50. The lowest BCUT2D eigenvalue weighted by atomic mass is 10.0. The average molecular weight is 389 g/mol. The Balaban J connectivity index is 0.00000156. The summed E-state index contributed by atoms with van der Waals surface area (Å²) in [6.07, 6.45) is 2.42. The molecule has 2 N–H and O–H groups in total.